The van der Waals surface area contributed by atoms with E-state index in [-0.39, 0.29) is 5.54 Å². The molecule has 1 heterocycles. The SMILES string of the molecule is CCOc1cccc(OCC2(N)CCCC2)n1. The minimum atomic E-state index is -0.163. The lowest BCUT2D eigenvalue weighted by molar-refractivity contribution is 0.210. The van der Waals surface area contributed by atoms with E-state index in [2.05, 4.69) is 4.98 Å². The Bertz CT molecular complexity index is 362. The first-order valence-corrected chi connectivity index (χ1v) is 6.23. The van der Waals surface area contributed by atoms with Gasteiger partial charge in [0.15, 0.2) is 0 Å². The molecule has 0 bridgehead atoms. The van der Waals surface area contributed by atoms with Crippen LogP contribution in [0.25, 0.3) is 0 Å². The van der Waals surface area contributed by atoms with Crippen molar-refractivity contribution >= 4 is 0 Å². The van der Waals surface area contributed by atoms with Crippen LogP contribution in [0.5, 0.6) is 11.8 Å². The monoisotopic (exact) mass is 236 g/mol. The molecule has 1 aromatic rings. The largest absolute Gasteiger partial charge is 0.478 e. The second-order valence-corrected chi connectivity index (χ2v) is 4.61. The summed E-state index contributed by atoms with van der Waals surface area (Å²) < 4.78 is 11.0. The van der Waals surface area contributed by atoms with E-state index >= 15 is 0 Å². The van der Waals surface area contributed by atoms with Crippen molar-refractivity contribution < 1.29 is 9.47 Å². The lowest BCUT2D eigenvalue weighted by Gasteiger charge is -2.23. The molecule has 0 atom stereocenters. The average Bonchev–Trinajstić information content (AvgIpc) is 2.76. The van der Waals surface area contributed by atoms with Gasteiger partial charge in [-0.15, -0.1) is 0 Å². The number of hydrogen-bond donors (Lipinski definition) is 1. The van der Waals surface area contributed by atoms with Gasteiger partial charge in [0.25, 0.3) is 0 Å². The van der Waals surface area contributed by atoms with Crippen molar-refractivity contribution in [3.8, 4) is 11.8 Å². The number of nitrogens with two attached hydrogens (primary N) is 1. The molecule has 2 rings (SSSR count). The van der Waals surface area contributed by atoms with Crippen molar-refractivity contribution in [1.82, 2.24) is 4.98 Å². The zero-order valence-corrected chi connectivity index (χ0v) is 10.3. The van der Waals surface area contributed by atoms with Gasteiger partial charge in [0.05, 0.1) is 12.1 Å². The summed E-state index contributed by atoms with van der Waals surface area (Å²) in [5.41, 5.74) is 6.06. The summed E-state index contributed by atoms with van der Waals surface area (Å²) in [5, 5.41) is 0. The average molecular weight is 236 g/mol. The van der Waals surface area contributed by atoms with Crippen LogP contribution in [-0.2, 0) is 0 Å². The minimum Gasteiger partial charge on any atom is -0.478 e. The molecule has 4 heteroatoms. The van der Waals surface area contributed by atoms with Gasteiger partial charge in [0.1, 0.15) is 6.61 Å². The van der Waals surface area contributed by atoms with Crippen LogP contribution in [0.4, 0.5) is 0 Å². The summed E-state index contributed by atoms with van der Waals surface area (Å²) in [6.45, 7) is 3.08. The van der Waals surface area contributed by atoms with E-state index in [0.717, 1.165) is 12.8 Å². The van der Waals surface area contributed by atoms with Gasteiger partial charge in [-0.2, -0.15) is 4.98 Å². The van der Waals surface area contributed by atoms with E-state index in [9.17, 15) is 0 Å². The normalized spacial score (nSPS) is 18.0. The summed E-state index contributed by atoms with van der Waals surface area (Å²) in [7, 11) is 0. The second-order valence-electron chi connectivity index (χ2n) is 4.61. The van der Waals surface area contributed by atoms with Crippen LogP contribution in [0, 0.1) is 0 Å². The van der Waals surface area contributed by atoms with Crippen LogP contribution < -0.4 is 15.2 Å². The molecule has 0 aliphatic heterocycles. The van der Waals surface area contributed by atoms with Crippen LogP contribution in [-0.4, -0.2) is 23.7 Å². The highest BCUT2D eigenvalue weighted by atomic mass is 16.5. The third kappa shape index (κ3) is 3.33. The topological polar surface area (TPSA) is 57.4 Å². The lowest BCUT2D eigenvalue weighted by atomic mass is 10.0. The van der Waals surface area contributed by atoms with Gasteiger partial charge in [0.2, 0.25) is 11.8 Å². The van der Waals surface area contributed by atoms with E-state index in [1.54, 1.807) is 0 Å². The Kier molecular flexibility index (Phi) is 3.84. The summed E-state index contributed by atoms with van der Waals surface area (Å²) in [5.74, 6) is 1.19. The molecule has 0 unspecified atom stereocenters. The van der Waals surface area contributed by atoms with Crippen LogP contribution in [0.1, 0.15) is 32.6 Å². The zero-order valence-electron chi connectivity index (χ0n) is 10.3. The van der Waals surface area contributed by atoms with Crippen molar-refractivity contribution in [2.24, 2.45) is 5.73 Å². The molecule has 1 saturated carbocycles. The lowest BCUT2D eigenvalue weighted by Crippen LogP contribution is -2.42. The second kappa shape index (κ2) is 5.36. The van der Waals surface area contributed by atoms with Crippen LogP contribution in [0.15, 0.2) is 18.2 Å². The quantitative estimate of drug-likeness (QED) is 0.851. The third-order valence-electron chi connectivity index (χ3n) is 3.10. The molecule has 1 aromatic heterocycles. The Balaban J connectivity index is 1.91. The number of aromatic nitrogens is 1. The first-order valence-electron chi connectivity index (χ1n) is 6.23. The highest BCUT2D eigenvalue weighted by Gasteiger charge is 2.30. The Morgan fingerprint density at radius 1 is 1.24 bits per heavy atom. The smallest absolute Gasteiger partial charge is 0.216 e. The van der Waals surface area contributed by atoms with Crippen molar-refractivity contribution in [3.05, 3.63) is 18.2 Å². The molecule has 1 fully saturated rings. The van der Waals surface area contributed by atoms with E-state index in [0.29, 0.717) is 25.0 Å². The first kappa shape index (κ1) is 12.2. The first-order chi connectivity index (χ1) is 8.22. The molecule has 0 radical (unpaired) electrons. The Morgan fingerprint density at radius 2 is 1.88 bits per heavy atom. The van der Waals surface area contributed by atoms with E-state index in [1.807, 2.05) is 25.1 Å². The fourth-order valence-corrected chi connectivity index (χ4v) is 2.15. The van der Waals surface area contributed by atoms with Crippen molar-refractivity contribution in [2.45, 2.75) is 38.1 Å². The Morgan fingerprint density at radius 3 is 2.53 bits per heavy atom. The fourth-order valence-electron chi connectivity index (χ4n) is 2.15. The number of pyridine rings is 1. The van der Waals surface area contributed by atoms with Crippen molar-refractivity contribution in [3.63, 3.8) is 0 Å². The summed E-state index contributed by atoms with van der Waals surface area (Å²) in [4.78, 5) is 4.25. The van der Waals surface area contributed by atoms with Gasteiger partial charge >= 0.3 is 0 Å². The number of nitrogens with zero attached hydrogens (tertiary/aromatic N) is 1. The third-order valence-corrected chi connectivity index (χ3v) is 3.10. The molecular weight excluding hydrogens is 216 g/mol. The molecule has 0 amide bonds. The maximum atomic E-state index is 6.22. The van der Waals surface area contributed by atoms with Gasteiger partial charge in [0, 0.05) is 12.1 Å². The van der Waals surface area contributed by atoms with Gasteiger partial charge in [-0.05, 0) is 19.8 Å². The maximum absolute atomic E-state index is 6.22. The van der Waals surface area contributed by atoms with E-state index < -0.39 is 0 Å². The highest BCUT2D eigenvalue weighted by Crippen LogP contribution is 2.27. The number of hydrogen-bond acceptors (Lipinski definition) is 4. The molecule has 0 saturated heterocycles. The molecule has 0 spiro atoms. The van der Waals surface area contributed by atoms with Gasteiger partial charge in [-0.3, -0.25) is 0 Å². The predicted octanol–water partition coefficient (Wildman–Crippen LogP) is 2.13. The summed E-state index contributed by atoms with van der Waals surface area (Å²) in [6.07, 6.45) is 4.48. The number of rotatable bonds is 5. The molecule has 0 aromatic carbocycles. The zero-order chi connectivity index (χ0) is 12.1. The summed E-state index contributed by atoms with van der Waals surface area (Å²) in [6, 6.07) is 5.54. The van der Waals surface area contributed by atoms with Gasteiger partial charge in [-0.1, -0.05) is 18.9 Å². The molecule has 4 nitrogen and oxygen atoms in total. The molecule has 2 N–H and O–H groups in total. The number of ether oxygens (including phenoxy) is 2. The summed E-state index contributed by atoms with van der Waals surface area (Å²) >= 11 is 0. The molecule has 94 valence electrons. The van der Waals surface area contributed by atoms with Crippen molar-refractivity contribution in [1.29, 1.82) is 0 Å². The minimum absolute atomic E-state index is 0.163. The van der Waals surface area contributed by atoms with E-state index in [1.165, 1.54) is 12.8 Å². The molecular formula is C13H20N2O2. The van der Waals surface area contributed by atoms with Crippen LogP contribution in [0.3, 0.4) is 0 Å². The van der Waals surface area contributed by atoms with Crippen LogP contribution in [0.2, 0.25) is 0 Å². The van der Waals surface area contributed by atoms with Gasteiger partial charge < -0.3 is 15.2 Å². The van der Waals surface area contributed by atoms with E-state index in [4.69, 9.17) is 15.2 Å². The molecule has 17 heavy (non-hydrogen) atoms. The van der Waals surface area contributed by atoms with Crippen molar-refractivity contribution in [2.75, 3.05) is 13.2 Å². The Labute approximate surface area is 102 Å². The highest BCUT2D eigenvalue weighted by molar-refractivity contribution is 5.19. The standard InChI is InChI=1S/C13H20N2O2/c1-2-16-11-6-5-7-12(15-11)17-10-13(14)8-3-4-9-13/h5-7H,2-4,8-10,14H2,1H3. The molecule has 1 aliphatic rings. The maximum Gasteiger partial charge on any atom is 0.216 e. The predicted molar refractivity (Wildman–Crippen MR) is 66.3 cm³/mol. The molecule has 1 aliphatic carbocycles. The fraction of sp³-hybridized carbons (Fsp3) is 0.615. The Hall–Kier alpha value is -1.29. The van der Waals surface area contributed by atoms with Crippen LogP contribution >= 0.6 is 0 Å². The van der Waals surface area contributed by atoms with Gasteiger partial charge in [-0.25, -0.2) is 0 Å².